The van der Waals surface area contributed by atoms with Crippen molar-refractivity contribution in [2.45, 2.75) is 6.42 Å². The van der Waals surface area contributed by atoms with E-state index in [-0.39, 0.29) is 18.2 Å². The molecule has 7 aromatic rings. The molecule has 1 amide bonds. The summed E-state index contributed by atoms with van der Waals surface area (Å²) in [5, 5.41) is 15.4. The third kappa shape index (κ3) is 3.30. The van der Waals surface area contributed by atoms with Crippen LogP contribution in [-0.2, 0) is 11.2 Å². The maximum atomic E-state index is 12.9. The Labute approximate surface area is 209 Å². The average Bonchev–Trinajstić information content (AvgIpc) is 3.60. The number of nitrogens with one attached hydrogen (secondary N) is 2. The van der Waals surface area contributed by atoms with E-state index in [9.17, 15) is 14.7 Å². The van der Waals surface area contributed by atoms with Gasteiger partial charge in [0, 0.05) is 16.5 Å². The van der Waals surface area contributed by atoms with Gasteiger partial charge >= 0.3 is 0 Å². The number of anilines is 1. The van der Waals surface area contributed by atoms with Crippen LogP contribution in [0.25, 0.3) is 49.4 Å². The first kappa shape index (κ1) is 21.1. The first-order valence-corrected chi connectivity index (χ1v) is 11.8. The van der Waals surface area contributed by atoms with Crippen LogP contribution in [0.15, 0.2) is 90.1 Å². The Kier molecular flexibility index (Phi) is 4.49. The number of nitrogens with zero attached hydrogens (tertiary/aromatic N) is 3. The zero-order chi connectivity index (χ0) is 25.1. The molecule has 8 nitrogen and oxygen atoms in total. The molecule has 0 fully saturated rings. The number of aromatic nitrogens is 4. The molecule has 0 unspecified atom stereocenters. The third-order valence-corrected chi connectivity index (χ3v) is 6.74. The van der Waals surface area contributed by atoms with Crippen LogP contribution in [-0.4, -0.2) is 30.4 Å². The van der Waals surface area contributed by atoms with Gasteiger partial charge in [0.1, 0.15) is 12.0 Å². The van der Waals surface area contributed by atoms with Crippen molar-refractivity contribution < 1.29 is 9.90 Å². The van der Waals surface area contributed by atoms with Gasteiger partial charge in [-0.25, -0.2) is 9.97 Å². The van der Waals surface area contributed by atoms with Crippen LogP contribution in [0.4, 0.5) is 5.69 Å². The smallest absolute Gasteiger partial charge is 0.259 e. The quantitative estimate of drug-likeness (QED) is 0.329. The monoisotopic (exact) mass is 485 g/mol. The van der Waals surface area contributed by atoms with Crippen molar-refractivity contribution in [3.8, 4) is 17.0 Å². The van der Waals surface area contributed by atoms with Gasteiger partial charge in [0.05, 0.1) is 34.4 Å². The van der Waals surface area contributed by atoms with E-state index in [2.05, 4.69) is 27.4 Å². The Bertz CT molecular complexity index is 2030. The van der Waals surface area contributed by atoms with Crippen LogP contribution >= 0.6 is 0 Å². The fourth-order valence-corrected chi connectivity index (χ4v) is 5.06. The molecule has 0 aliphatic carbocycles. The summed E-state index contributed by atoms with van der Waals surface area (Å²) in [5.74, 6) is -0.355. The zero-order valence-electron chi connectivity index (χ0n) is 19.4. The molecule has 0 saturated carbocycles. The number of aromatic amines is 1. The molecule has 0 spiro atoms. The number of carbonyl (C=O) groups excluding carboxylic acids is 1. The van der Waals surface area contributed by atoms with Gasteiger partial charge in [-0.05, 0) is 34.9 Å². The number of benzene rings is 3. The largest absolute Gasteiger partial charge is 0.494 e. The van der Waals surface area contributed by atoms with E-state index in [1.807, 2.05) is 54.6 Å². The first-order valence-electron chi connectivity index (χ1n) is 11.8. The van der Waals surface area contributed by atoms with Gasteiger partial charge < -0.3 is 10.4 Å². The molecule has 7 rings (SSSR count). The van der Waals surface area contributed by atoms with Gasteiger partial charge in [-0.3, -0.25) is 19.0 Å². The van der Waals surface area contributed by atoms with Crippen LogP contribution in [0.3, 0.4) is 0 Å². The Morgan fingerprint density at radius 2 is 1.73 bits per heavy atom. The zero-order valence-corrected chi connectivity index (χ0v) is 19.4. The first-order chi connectivity index (χ1) is 18.1. The van der Waals surface area contributed by atoms with Gasteiger partial charge in [0.25, 0.3) is 5.56 Å². The number of rotatable bonds is 4. The second kappa shape index (κ2) is 7.89. The second-order valence-electron chi connectivity index (χ2n) is 9.03. The standard InChI is InChI=1S/C29H19N5O3/c35-23(12-16-6-8-18(9-7-16)17-4-2-1-3-5-17)31-19-10-11-21-20(13-19)24-26-25(28(36)33-29(26)37)22-14-30-15-34(22)27(24)32-21/h1-11,13-15,36H,12H2,(H,31,35)(H,33,37). The van der Waals surface area contributed by atoms with Crippen LogP contribution in [0.5, 0.6) is 5.88 Å². The highest BCUT2D eigenvalue weighted by molar-refractivity contribution is 6.23. The predicted molar refractivity (Wildman–Crippen MR) is 143 cm³/mol. The van der Waals surface area contributed by atoms with Gasteiger partial charge in [0.15, 0.2) is 0 Å². The number of imidazole rings is 1. The highest BCUT2D eigenvalue weighted by Crippen LogP contribution is 2.37. The molecule has 0 radical (unpaired) electrons. The highest BCUT2D eigenvalue weighted by atomic mass is 16.3. The maximum Gasteiger partial charge on any atom is 0.259 e. The number of carbonyl (C=O) groups is 1. The number of hydrogen-bond donors (Lipinski definition) is 3. The molecule has 3 aromatic carbocycles. The topological polar surface area (TPSA) is 112 Å². The van der Waals surface area contributed by atoms with E-state index in [0.29, 0.717) is 43.9 Å². The minimum atomic E-state index is -0.399. The molecule has 0 bridgehead atoms. The van der Waals surface area contributed by atoms with Crippen molar-refractivity contribution in [3.05, 3.63) is 101 Å². The molecule has 4 aromatic heterocycles. The number of pyridine rings is 1. The lowest BCUT2D eigenvalue weighted by Crippen LogP contribution is -2.14. The summed E-state index contributed by atoms with van der Waals surface area (Å²) in [5.41, 5.74) is 5.15. The Morgan fingerprint density at radius 3 is 2.54 bits per heavy atom. The summed E-state index contributed by atoms with van der Waals surface area (Å²) in [6, 6.07) is 23.4. The van der Waals surface area contributed by atoms with E-state index < -0.39 is 5.56 Å². The fourth-order valence-electron chi connectivity index (χ4n) is 5.06. The number of hydrogen-bond acceptors (Lipinski definition) is 5. The fraction of sp³-hybridized carbons (Fsp3) is 0.0345. The van der Waals surface area contributed by atoms with Gasteiger partial charge in [0.2, 0.25) is 11.8 Å². The molecule has 0 saturated heterocycles. The van der Waals surface area contributed by atoms with Crippen molar-refractivity contribution in [1.82, 2.24) is 19.4 Å². The minimum absolute atomic E-state index is 0.151. The van der Waals surface area contributed by atoms with E-state index >= 15 is 0 Å². The lowest BCUT2D eigenvalue weighted by Gasteiger charge is -2.07. The van der Waals surface area contributed by atoms with Gasteiger partial charge in [-0.1, -0.05) is 54.6 Å². The summed E-state index contributed by atoms with van der Waals surface area (Å²) < 4.78 is 1.75. The van der Waals surface area contributed by atoms with E-state index in [1.165, 1.54) is 0 Å². The third-order valence-electron chi connectivity index (χ3n) is 6.74. The maximum absolute atomic E-state index is 12.9. The number of amides is 1. The SMILES string of the molecule is O=C(Cc1ccc(-c2ccccc2)cc1)Nc1ccc2nc3c(c2c1)c1c(=O)[nH]c(O)c1c1cncn13. The van der Waals surface area contributed by atoms with Crippen LogP contribution in [0, 0.1) is 0 Å². The Hall–Kier alpha value is -5.24. The van der Waals surface area contributed by atoms with E-state index in [1.54, 1.807) is 23.0 Å². The Morgan fingerprint density at radius 1 is 0.946 bits per heavy atom. The molecule has 8 heteroatoms. The van der Waals surface area contributed by atoms with Crippen molar-refractivity contribution in [3.63, 3.8) is 0 Å². The second-order valence-corrected chi connectivity index (χ2v) is 9.03. The van der Waals surface area contributed by atoms with Crippen LogP contribution in [0.2, 0.25) is 0 Å². The summed E-state index contributed by atoms with van der Waals surface area (Å²) in [6.45, 7) is 0. The Balaban J connectivity index is 1.23. The van der Waals surface area contributed by atoms with Gasteiger partial charge in [-0.15, -0.1) is 0 Å². The lowest BCUT2D eigenvalue weighted by molar-refractivity contribution is -0.115. The molecule has 0 aliphatic heterocycles. The van der Waals surface area contributed by atoms with E-state index in [4.69, 9.17) is 4.98 Å². The lowest BCUT2D eigenvalue weighted by atomic mass is 10.0. The molecular weight excluding hydrogens is 466 g/mol. The number of H-pyrrole nitrogens is 1. The van der Waals surface area contributed by atoms with Crippen LogP contribution < -0.4 is 10.9 Å². The summed E-state index contributed by atoms with van der Waals surface area (Å²) in [6.07, 6.45) is 3.42. The minimum Gasteiger partial charge on any atom is -0.494 e. The highest BCUT2D eigenvalue weighted by Gasteiger charge is 2.21. The van der Waals surface area contributed by atoms with Crippen molar-refractivity contribution in [2.75, 3.05) is 5.32 Å². The van der Waals surface area contributed by atoms with Crippen molar-refractivity contribution in [2.24, 2.45) is 0 Å². The van der Waals surface area contributed by atoms with E-state index in [0.717, 1.165) is 16.7 Å². The normalized spacial score (nSPS) is 11.7. The molecule has 3 N–H and O–H groups in total. The average molecular weight is 486 g/mol. The molecule has 0 aliphatic rings. The summed E-state index contributed by atoms with van der Waals surface area (Å²) in [4.78, 5) is 37.0. The molecule has 37 heavy (non-hydrogen) atoms. The summed E-state index contributed by atoms with van der Waals surface area (Å²) in [7, 11) is 0. The molecular formula is C29H19N5O3. The van der Waals surface area contributed by atoms with Crippen LogP contribution in [0.1, 0.15) is 5.56 Å². The summed E-state index contributed by atoms with van der Waals surface area (Å²) >= 11 is 0. The number of aromatic hydroxyl groups is 1. The van der Waals surface area contributed by atoms with Crippen molar-refractivity contribution >= 4 is 49.8 Å². The molecule has 178 valence electrons. The molecule has 4 heterocycles. The van der Waals surface area contributed by atoms with Crippen molar-refractivity contribution in [1.29, 1.82) is 0 Å². The predicted octanol–water partition coefficient (Wildman–Crippen LogP) is 4.87. The van der Waals surface area contributed by atoms with Gasteiger partial charge in [-0.2, -0.15) is 0 Å². The number of fused-ring (bicyclic) bond motifs is 8. The molecule has 0 atom stereocenters.